The highest BCUT2D eigenvalue weighted by molar-refractivity contribution is 5.94. The Morgan fingerprint density at radius 2 is 1.77 bits per heavy atom. The summed E-state index contributed by atoms with van der Waals surface area (Å²) in [6.07, 6.45) is 2.39. The van der Waals surface area contributed by atoms with Crippen LogP contribution in [0.2, 0.25) is 0 Å². The summed E-state index contributed by atoms with van der Waals surface area (Å²) in [5.41, 5.74) is 0.0686. The third-order valence-corrected chi connectivity index (χ3v) is 2.80. The van der Waals surface area contributed by atoms with Gasteiger partial charge in [-0.25, -0.2) is 0 Å². The molecule has 0 aliphatic rings. The molecule has 1 aromatic heterocycles. The Labute approximate surface area is 123 Å². The minimum atomic E-state index is -0.557. The highest BCUT2D eigenvalue weighted by Crippen LogP contribution is 2.11. The number of aromatic nitrogens is 2. The first-order chi connectivity index (χ1) is 10.5. The first-order valence-corrected chi connectivity index (χ1v) is 6.17. The fourth-order valence-electron chi connectivity index (χ4n) is 1.69. The molecule has 1 aromatic carbocycles. The first kappa shape index (κ1) is 15.1. The van der Waals surface area contributed by atoms with Gasteiger partial charge in [-0.3, -0.25) is 29.7 Å². The van der Waals surface area contributed by atoms with E-state index in [-0.39, 0.29) is 30.0 Å². The van der Waals surface area contributed by atoms with Crippen LogP contribution in [0.5, 0.6) is 0 Å². The average Bonchev–Trinajstić information content (AvgIpc) is 2.96. The molecule has 0 bridgehead atoms. The maximum absolute atomic E-state index is 11.8. The molecule has 2 aromatic rings. The molecule has 0 radical (unpaired) electrons. The zero-order valence-electron chi connectivity index (χ0n) is 11.2. The Bertz CT molecular complexity index is 709. The third-order valence-electron chi connectivity index (χ3n) is 2.80. The molecule has 0 spiro atoms. The number of nitrogens with zero attached hydrogens (tertiary/aromatic N) is 4. The number of benzene rings is 1. The van der Waals surface area contributed by atoms with Crippen LogP contribution in [0.25, 0.3) is 0 Å². The predicted molar refractivity (Wildman–Crippen MR) is 74.3 cm³/mol. The molecule has 0 saturated carbocycles. The number of nitro groups is 2. The predicted octanol–water partition coefficient (Wildman–Crippen LogP) is 1.13. The molecule has 114 valence electrons. The summed E-state index contributed by atoms with van der Waals surface area (Å²) >= 11 is 0. The van der Waals surface area contributed by atoms with Crippen LogP contribution in [-0.2, 0) is 6.54 Å². The van der Waals surface area contributed by atoms with Crippen molar-refractivity contribution >= 4 is 17.3 Å². The van der Waals surface area contributed by atoms with Gasteiger partial charge in [0.1, 0.15) is 12.4 Å². The van der Waals surface area contributed by atoms with Gasteiger partial charge in [-0.2, -0.15) is 5.10 Å². The van der Waals surface area contributed by atoms with Crippen LogP contribution in [0.3, 0.4) is 0 Å². The highest BCUT2D eigenvalue weighted by Gasteiger charge is 2.10. The lowest BCUT2D eigenvalue weighted by Crippen LogP contribution is -2.27. The van der Waals surface area contributed by atoms with E-state index < -0.39 is 15.8 Å². The normalized spacial score (nSPS) is 10.2. The second-order valence-electron chi connectivity index (χ2n) is 4.28. The van der Waals surface area contributed by atoms with Crippen LogP contribution in [0.4, 0.5) is 11.4 Å². The summed E-state index contributed by atoms with van der Waals surface area (Å²) in [4.78, 5) is 31.7. The topological polar surface area (TPSA) is 133 Å². The van der Waals surface area contributed by atoms with Gasteiger partial charge in [-0.1, -0.05) is 0 Å². The molecule has 22 heavy (non-hydrogen) atoms. The van der Waals surface area contributed by atoms with E-state index >= 15 is 0 Å². The zero-order valence-corrected chi connectivity index (χ0v) is 11.2. The lowest BCUT2D eigenvalue weighted by atomic mass is 10.2. The minimum Gasteiger partial charge on any atom is -0.350 e. The molecule has 10 heteroatoms. The minimum absolute atomic E-state index is 0.0969. The van der Waals surface area contributed by atoms with Gasteiger partial charge < -0.3 is 5.32 Å². The van der Waals surface area contributed by atoms with Crippen LogP contribution < -0.4 is 5.32 Å². The summed E-state index contributed by atoms with van der Waals surface area (Å²) in [6, 6.07) is 5.19. The monoisotopic (exact) mass is 305 g/mol. The number of carbonyl (C=O) groups excluding carboxylic acids is 1. The van der Waals surface area contributed by atoms with E-state index in [9.17, 15) is 25.0 Å². The van der Waals surface area contributed by atoms with Crippen LogP contribution in [-0.4, -0.2) is 32.1 Å². The molecular weight excluding hydrogens is 294 g/mol. The Hall–Kier alpha value is -3.30. The molecular formula is C12H11N5O5. The van der Waals surface area contributed by atoms with Crippen molar-refractivity contribution in [2.24, 2.45) is 0 Å². The van der Waals surface area contributed by atoms with Gasteiger partial charge >= 0.3 is 5.69 Å². The van der Waals surface area contributed by atoms with Gasteiger partial charge in [-0.05, 0) is 12.1 Å². The van der Waals surface area contributed by atoms with Crippen molar-refractivity contribution in [3.63, 3.8) is 0 Å². The van der Waals surface area contributed by atoms with Crippen molar-refractivity contribution in [2.75, 3.05) is 6.54 Å². The molecule has 10 nitrogen and oxygen atoms in total. The number of non-ortho nitro benzene ring substituents is 1. The Morgan fingerprint density at radius 3 is 2.32 bits per heavy atom. The maximum atomic E-state index is 11.8. The smallest absolute Gasteiger partial charge is 0.306 e. The van der Waals surface area contributed by atoms with Crippen molar-refractivity contribution in [1.82, 2.24) is 15.1 Å². The van der Waals surface area contributed by atoms with Crippen molar-refractivity contribution in [3.05, 3.63) is 62.5 Å². The van der Waals surface area contributed by atoms with E-state index in [4.69, 9.17) is 0 Å². The molecule has 0 saturated heterocycles. The molecule has 1 amide bonds. The fourth-order valence-corrected chi connectivity index (χ4v) is 1.69. The summed E-state index contributed by atoms with van der Waals surface area (Å²) in [6.45, 7) is 0.487. The molecule has 0 aliphatic carbocycles. The van der Waals surface area contributed by atoms with Gasteiger partial charge in [0, 0.05) is 24.2 Å². The summed E-state index contributed by atoms with van der Waals surface area (Å²) in [5.74, 6) is -0.392. The van der Waals surface area contributed by atoms with Crippen molar-refractivity contribution in [3.8, 4) is 0 Å². The van der Waals surface area contributed by atoms with E-state index in [1.54, 1.807) is 0 Å². The average molecular weight is 305 g/mol. The largest absolute Gasteiger partial charge is 0.350 e. The van der Waals surface area contributed by atoms with Gasteiger partial charge in [0.15, 0.2) is 0 Å². The fraction of sp³-hybridized carbons (Fsp3) is 0.167. The molecule has 1 heterocycles. The van der Waals surface area contributed by atoms with Gasteiger partial charge in [-0.15, -0.1) is 0 Å². The maximum Gasteiger partial charge on any atom is 0.306 e. The quantitative estimate of drug-likeness (QED) is 0.628. The molecule has 2 rings (SSSR count). The Balaban J connectivity index is 1.86. The van der Waals surface area contributed by atoms with Gasteiger partial charge in [0.05, 0.1) is 16.4 Å². The number of nitrogens with one attached hydrogen (secondary N) is 1. The SMILES string of the molecule is O=C(NCCn1cc([N+](=O)[O-])cn1)c1ccc([N+](=O)[O-])cc1. The van der Waals surface area contributed by atoms with Gasteiger partial charge in [0.25, 0.3) is 11.6 Å². The number of nitro benzene ring substituents is 1. The van der Waals surface area contributed by atoms with Crippen LogP contribution in [0.1, 0.15) is 10.4 Å². The van der Waals surface area contributed by atoms with E-state index in [2.05, 4.69) is 10.4 Å². The highest BCUT2D eigenvalue weighted by atomic mass is 16.6. The van der Waals surface area contributed by atoms with E-state index in [0.717, 1.165) is 6.20 Å². The number of amides is 1. The molecule has 0 unspecified atom stereocenters. The number of rotatable bonds is 6. The lowest BCUT2D eigenvalue weighted by molar-refractivity contribution is -0.385. The van der Waals surface area contributed by atoms with Crippen LogP contribution in [0, 0.1) is 20.2 Å². The number of carbonyl (C=O) groups is 1. The van der Waals surface area contributed by atoms with E-state index in [0.29, 0.717) is 0 Å². The first-order valence-electron chi connectivity index (χ1n) is 6.17. The zero-order chi connectivity index (χ0) is 16.1. The van der Waals surface area contributed by atoms with Crippen molar-refractivity contribution in [1.29, 1.82) is 0 Å². The van der Waals surface area contributed by atoms with E-state index in [1.165, 1.54) is 35.1 Å². The Kier molecular flexibility index (Phi) is 4.41. The van der Waals surface area contributed by atoms with Crippen molar-refractivity contribution < 1.29 is 14.6 Å². The Morgan fingerprint density at radius 1 is 1.14 bits per heavy atom. The molecule has 1 N–H and O–H groups in total. The lowest BCUT2D eigenvalue weighted by Gasteiger charge is -2.05. The number of hydrogen-bond donors (Lipinski definition) is 1. The second-order valence-corrected chi connectivity index (χ2v) is 4.28. The van der Waals surface area contributed by atoms with Crippen LogP contribution in [0.15, 0.2) is 36.7 Å². The van der Waals surface area contributed by atoms with Gasteiger partial charge in [0.2, 0.25) is 0 Å². The number of hydrogen-bond acceptors (Lipinski definition) is 6. The molecule has 0 aliphatic heterocycles. The standard InChI is InChI=1S/C12H11N5O5/c18-12(9-1-3-10(4-2-9)16(19)20)13-5-6-15-8-11(7-14-15)17(21)22/h1-4,7-8H,5-6H2,(H,13,18). The van der Waals surface area contributed by atoms with Crippen LogP contribution >= 0.6 is 0 Å². The van der Waals surface area contributed by atoms with Crippen molar-refractivity contribution in [2.45, 2.75) is 6.54 Å². The third kappa shape index (κ3) is 3.62. The summed E-state index contributed by atoms with van der Waals surface area (Å²) < 4.78 is 1.34. The molecule has 0 fully saturated rings. The molecule has 0 atom stereocenters. The summed E-state index contributed by atoms with van der Waals surface area (Å²) in [5, 5.41) is 27.4. The second kappa shape index (κ2) is 6.43. The summed E-state index contributed by atoms with van der Waals surface area (Å²) in [7, 11) is 0. The van der Waals surface area contributed by atoms with E-state index in [1.807, 2.05) is 0 Å².